The van der Waals surface area contributed by atoms with Crippen LogP contribution in [0.25, 0.3) is 0 Å². The van der Waals surface area contributed by atoms with Crippen LogP contribution in [-0.4, -0.2) is 26.3 Å². The molecule has 1 aromatic heterocycles. The number of aromatic nitrogens is 3. The molecule has 11 heavy (non-hydrogen) atoms. The lowest BCUT2D eigenvalue weighted by Crippen LogP contribution is -2.24. The highest BCUT2D eigenvalue weighted by Gasteiger charge is 2.23. The molecular formula is C5H5Br2N3S. The number of thioether (sulfide) groups is 1. The second-order valence-corrected chi connectivity index (χ2v) is 4.78. The topological polar surface area (TPSA) is 30.7 Å². The minimum Gasteiger partial charge on any atom is -0.234 e. The number of nitrogens with zero attached hydrogens (tertiary/aromatic N) is 3. The van der Waals surface area contributed by atoms with E-state index >= 15 is 0 Å². The zero-order chi connectivity index (χ0) is 7.84. The molecule has 6 heteroatoms. The highest BCUT2D eigenvalue weighted by atomic mass is 79.9. The van der Waals surface area contributed by atoms with Crippen LogP contribution in [0.15, 0.2) is 9.47 Å². The molecule has 1 fully saturated rings. The Labute approximate surface area is 85.2 Å². The van der Waals surface area contributed by atoms with Crippen molar-refractivity contribution in [3.8, 4) is 0 Å². The summed E-state index contributed by atoms with van der Waals surface area (Å²) in [7, 11) is 0. The molecule has 0 saturated carbocycles. The van der Waals surface area contributed by atoms with Crippen LogP contribution in [0.5, 0.6) is 0 Å². The second kappa shape index (κ2) is 3.06. The van der Waals surface area contributed by atoms with E-state index in [4.69, 9.17) is 0 Å². The van der Waals surface area contributed by atoms with Gasteiger partial charge in [0.2, 0.25) is 4.73 Å². The van der Waals surface area contributed by atoms with Gasteiger partial charge in [0.05, 0.1) is 6.04 Å². The van der Waals surface area contributed by atoms with Crippen LogP contribution in [0.1, 0.15) is 6.04 Å². The van der Waals surface area contributed by atoms with Crippen LogP contribution in [0.2, 0.25) is 0 Å². The lowest BCUT2D eigenvalue weighted by molar-refractivity contribution is 0.512. The number of rotatable bonds is 1. The fourth-order valence-corrected chi connectivity index (χ4v) is 2.72. The Morgan fingerprint density at radius 3 is 2.55 bits per heavy atom. The Morgan fingerprint density at radius 1 is 1.45 bits per heavy atom. The van der Waals surface area contributed by atoms with Crippen LogP contribution in [0, 0.1) is 0 Å². The fraction of sp³-hybridized carbons (Fsp3) is 0.600. The van der Waals surface area contributed by atoms with E-state index in [1.54, 1.807) is 0 Å². The van der Waals surface area contributed by atoms with Gasteiger partial charge in [-0.2, -0.15) is 16.7 Å². The van der Waals surface area contributed by atoms with Crippen molar-refractivity contribution in [1.29, 1.82) is 0 Å². The van der Waals surface area contributed by atoms with Crippen LogP contribution in [-0.2, 0) is 0 Å². The summed E-state index contributed by atoms with van der Waals surface area (Å²) in [4.78, 5) is 4.09. The average molecular weight is 299 g/mol. The Morgan fingerprint density at radius 2 is 2.18 bits per heavy atom. The molecule has 0 N–H and O–H groups in total. The predicted octanol–water partition coefficient (Wildman–Crippen LogP) is 2.09. The van der Waals surface area contributed by atoms with Crippen molar-refractivity contribution in [3.05, 3.63) is 9.47 Å². The van der Waals surface area contributed by atoms with E-state index < -0.39 is 0 Å². The first-order valence-electron chi connectivity index (χ1n) is 3.12. The molecule has 0 spiro atoms. The van der Waals surface area contributed by atoms with Crippen molar-refractivity contribution in [2.45, 2.75) is 6.04 Å². The van der Waals surface area contributed by atoms with E-state index in [0.717, 1.165) is 16.2 Å². The molecule has 3 nitrogen and oxygen atoms in total. The van der Waals surface area contributed by atoms with Gasteiger partial charge in [0.25, 0.3) is 0 Å². The summed E-state index contributed by atoms with van der Waals surface area (Å²) < 4.78 is 3.39. The Kier molecular flexibility index (Phi) is 2.25. The van der Waals surface area contributed by atoms with E-state index in [1.165, 1.54) is 0 Å². The SMILES string of the molecule is Brc1nc(Br)n(C2CSC2)n1. The molecule has 1 aromatic rings. The molecule has 1 aliphatic heterocycles. The van der Waals surface area contributed by atoms with Gasteiger partial charge in [-0.15, -0.1) is 5.10 Å². The van der Waals surface area contributed by atoms with Gasteiger partial charge in [0.1, 0.15) is 0 Å². The van der Waals surface area contributed by atoms with E-state index in [2.05, 4.69) is 41.9 Å². The molecule has 0 unspecified atom stereocenters. The lowest BCUT2D eigenvalue weighted by atomic mass is 10.4. The Bertz CT molecular complexity index is 271. The molecule has 0 radical (unpaired) electrons. The van der Waals surface area contributed by atoms with Crippen molar-refractivity contribution in [3.63, 3.8) is 0 Å². The van der Waals surface area contributed by atoms with Gasteiger partial charge < -0.3 is 0 Å². The summed E-state index contributed by atoms with van der Waals surface area (Å²) in [6.45, 7) is 0. The molecule has 60 valence electrons. The third-order valence-electron chi connectivity index (χ3n) is 1.53. The molecule has 0 amide bonds. The van der Waals surface area contributed by atoms with Crippen LogP contribution < -0.4 is 0 Å². The molecule has 2 heterocycles. The molecular weight excluding hydrogens is 294 g/mol. The number of halogens is 2. The monoisotopic (exact) mass is 297 g/mol. The van der Waals surface area contributed by atoms with E-state index in [-0.39, 0.29) is 0 Å². The van der Waals surface area contributed by atoms with Crippen LogP contribution >= 0.6 is 43.6 Å². The first kappa shape index (κ1) is 8.07. The smallest absolute Gasteiger partial charge is 0.218 e. The summed E-state index contributed by atoms with van der Waals surface area (Å²) in [5, 5.41) is 4.19. The third kappa shape index (κ3) is 1.48. The molecule has 1 aliphatic rings. The van der Waals surface area contributed by atoms with Crippen LogP contribution in [0.4, 0.5) is 0 Å². The van der Waals surface area contributed by atoms with Crippen molar-refractivity contribution >= 4 is 43.6 Å². The molecule has 0 atom stereocenters. The maximum Gasteiger partial charge on any atom is 0.218 e. The standard InChI is InChI=1S/C5H5Br2N3S/c6-4-8-5(7)10(9-4)3-1-11-2-3/h3H,1-2H2. The predicted molar refractivity (Wildman–Crippen MR) is 51.8 cm³/mol. The van der Waals surface area contributed by atoms with Crippen molar-refractivity contribution in [1.82, 2.24) is 14.8 Å². The van der Waals surface area contributed by atoms with E-state index in [9.17, 15) is 0 Å². The van der Waals surface area contributed by atoms with Gasteiger partial charge in [0, 0.05) is 11.5 Å². The molecule has 0 bridgehead atoms. The van der Waals surface area contributed by atoms with E-state index in [1.807, 2.05) is 16.4 Å². The summed E-state index contributed by atoms with van der Waals surface area (Å²) in [6.07, 6.45) is 0. The minimum absolute atomic E-state index is 0.535. The quantitative estimate of drug-likeness (QED) is 0.795. The number of hydrogen-bond donors (Lipinski definition) is 0. The Balaban J connectivity index is 2.28. The molecule has 2 rings (SSSR count). The fourth-order valence-electron chi connectivity index (χ4n) is 0.877. The first-order valence-corrected chi connectivity index (χ1v) is 5.87. The van der Waals surface area contributed by atoms with Crippen molar-refractivity contribution < 1.29 is 0 Å². The maximum absolute atomic E-state index is 4.19. The summed E-state index contributed by atoms with van der Waals surface area (Å²) in [5.74, 6) is 2.29. The van der Waals surface area contributed by atoms with Gasteiger partial charge in [0.15, 0.2) is 4.73 Å². The largest absolute Gasteiger partial charge is 0.234 e. The number of hydrogen-bond acceptors (Lipinski definition) is 3. The summed E-state index contributed by atoms with van der Waals surface area (Å²) in [5.41, 5.74) is 0. The molecule has 1 saturated heterocycles. The average Bonchev–Trinajstić information content (AvgIpc) is 2.07. The highest BCUT2D eigenvalue weighted by Crippen LogP contribution is 2.31. The second-order valence-electron chi connectivity index (χ2n) is 2.29. The third-order valence-corrected chi connectivity index (χ3v) is 3.65. The van der Waals surface area contributed by atoms with Gasteiger partial charge in [-0.25, -0.2) is 4.68 Å². The zero-order valence-corrected chi connectivity index (χ0v) is 9.49. The molecule has 0 aromatic carbocycles. The maximum atomic E-state index is 4.19. The minimum atomic E-state index is 0.535. The van der Waals surface area contributed by atoms with Gasteiger partial charge >= 0.3 is 0 Å². The highest BCUT2D eigenvalue weighted by molar-refractivity contribution is 9.11. The van der Waals surface area contributed by atoms with Gasteiger partial charge in [-0.1, -0.05) is 0 Å². The summed E-state index contributed by atoms with van der Waals surface area (Å²) >= 11 is 8.50. The summed E-state index contributed by atoms with van der Waals surface area (Å²) in [6, 6.07) is 0.535. The first-order chi connectivity index (χ1) is 5.27. The van der Waals surface area contributed by atoms with Crippen molar-refractivity contribution in [2.75, 3.05) is 11.5 Å². The zero-order valence-electron chi connectivity index (χ0n) is 5.50. The Hall–Kier alpha value is 0.450. The lowest BCUT2D eigenvalue weighted by Gasteiger charge is -2.24. The van der Waals surface area contributed by atoms with Gasteiger partial charge in [-0.05, 0) is 31.9 Å². The van der Waals surface area contributed by atoms with Gasteiger partial charge in [-0.3, -0.25) is 0 Å². The molecule has 0 aliphatic carbocycles. The van der Waals surface area contributed by atoms with E-state index in [0.29, 0.717) is 10.8 Å². The van der Waals surface area contributed by atoms with Crippen molar-refractivity contribution in [2.24, 2.45) is 0 Å². The normalized spacial score (nSPS) is 18.4. The van der Waals surface area contributed by atoms with Crippen LogP contribution in [0.3, 0.4) is 0 Å².